The molecule has 1 fully saturated rings. The quantitative estimate of drug-likeness (QED) is 0.770. The van der Waals surface area contributed by atoms with Crippen LogP contribution in [0.3, 0.4) is 0 Å². The van der Waals surface area contributed by atoms with Crippen LogP contribution in [0.5, 0.6) is 5.75 Å². The maximum Gasteiger partial charge on any atom is 0.240 e. The van der Waals surface area contributed by atoms with Gasteiger partial charge in [-0.05, 0) is 53.6 Å². The first-order valence-corrected chi connectivity index (χ1v) is 8.54. The highest BCUT2D eigenvalue weighted by molar-refractivity contribution is 14.1. The molecule has 1 aliphatic heterocycles. The molecule has 1 N–H and O–H groups in total. The number of methoxy groups -OCH3 is 1. The lowest BCUT2D eigenvalue weighted by atomic mass is 10.2. The van der Waals surface area contributed by atoms with E-state index in [2.05, 4.69) is 27.3 Å². The maximum atomic E-state index is 12.1. The summed E-state index contributed by atoms with van der Waals surface area (Å²) < 4.78 is 38.1. The summed E-state index contributed by atoms with van der Waals surface area (Å²) in [4.78, 5) is 0.246. The van der Waals surface area contributed by atoms with Gasteiger partial charge in [-0.15, -0.1) is 0 Å². The molecule has 2 rings (SSSR count). The Labute approximate surface area is 126 Å². The fraction of sp³-hybridized carbons (Fsp3) is 0.500. The molecule has 1 aromatic carbocycles. The van der Waals surface area contributed by atoms with Crippen molar-refractivity contribution in [3.8, 4) is 5.75 Å². The predicted molar refractivity (Wildman–Crippen MR) is 79.9 cm³/mol. The summed E-state index contributed by atoms with van der Waals surface area (Å²) in [5.41, 5.74) is 0. The van der Waals surface area contributed by atoms with E-state index in [4.69, 9.17) is 9.47 Å². The van der Waals surface area contributed by atoms with Crippen LogP contribution in [0.15, 0.2) is 23.1 Å². The summed E-state index contributed by atoms with van der Waals surface area (Å²) in [5, 5.41) is 0. The van der Waals surface area contributed by atoms with Gasteiger partial charge in [0.05, 0.1) is 21.7 Å². The van der Waals surface area contributed by atoms with E-state index in [1.807, 2.05) is 0 Å². The topological polar surface area (TPSA) is 64.6 Å². The van der Waals surface area contributed by atoms with Crippen molar-refractivity contribution in [2.24, 2.45) is 0 Å². The molecule has 0 unspecified atom stereocenters. The lowest BCUT2D eigenvalue weighted by Crippen LogP contribution is -2.31. The molecule has 0 aromatic heterocycles. The Kier molecular flexibility index (Phi) is 5.04. The van der Waals surface area contributed by atoms with Gasteiger partial charge in [0, 0.05) is 13.2 Å². The van der Waals surface area contributed by atoms with Crippen molar-refractivity contribution < 1.29 is 17.9 Å². The third-order valence-electron chi connectivity index (χ3n) is 2.96. The Bertz CT molecular complexity index is 541. The second kappa shape index (κ2) is 6.38. The van der Waals surface area contributed by atoms with E-state index >= 15 is 0 Å². The van der Waals surface area contributed by atoms with Crippen LogP contribution in [-0.2, 0) is 14.8 Å². The van der Waals surface area contributed by atoms with Crippen molar-refractivity contribution in [3.63, 3.8) is 0 Å². The number of hydrogen-bond acceptors (Lipinski definition) is 4. The minimum Gasteiger partial charge on any atom is -0.496 e. The van der Waals surface area contributed by atoms with Crippen LogP contribution >= 0.6 is 22.6 Å². The summed E-state index contributed by atoms with van der Waals surface area (Å²) in [6, 6.07) is 4.79. The molecular formula is C12H16INO4S. The van der Waals surface area contributed by atoms with Crippen LogP contribution < -0.4 is 9.46 Å². The third kappa shape index (κ3) is 3.80. The minimum absolute atomic E-state index is 0.00732. The van der Waals surface area contributed by atoms with Gasteiger partial charge in [-0.2, -0.15) is 0 Å². The second-order valence-corrected chi connectivity index (χ2v) is 7.21. The van der Waals surface area contributed by atoms with Crippen molar-refractivity contribution in [3.05, 3.63) is 21.8 Å². The van der Waals surface area contributed by atoms with Crippen molar-refractivity contribution in [1.82, 2.24) is 4.72 Å². The predicted octanol–water partition coefficient (Wildman–Crippen LogP) is 1.76. The molecule has 19 heavy (non-hydrogen) atoms. The molecule has 1 atom stereocenters. The SMILES string of the molecule is COc1ccc(S(=O)(=O)NC[C@H]2CCCO2)cc1I. The monoisotopic (exact) mass is 397 g/mol. The fourth-order valence-electron chi connectivity index (χ4n) is 1.91. The first-order chi connectivity index (χ1) is 9.03. The fourth-order valence-corrected chi connectivity index (χ4v) is 3.94. The molecule has 1 heterocycles. The number of rotatable bonds is 5. The summed E-state index contributed by atoms with van der Waals surface area (Å²) in [5.74, 6) is 0.665. The Morgan fingerprint density at radius 1 is 1.53 bits per heavy atom. The van der Waals surface area contributed by atoms with Gasteiger partial charge in [-0.3, -0.25) is 0 Å². The Hall–Kier alpha value is -0.380. The summed E-state index contributed by atoms with van der Waals surface area (Å²) in [7, 11) is -1.93. The van der Waals surface area contributed by atoms with Gasteiger partial charge in [0.15, 0.2) is 0 Å². The Morgan fingerprint density at radius 2 is 2.32 bits per heavy atom. The Morgan fingerprint density at radius 3 is 2.89 bits per heavy atom. The molecule has 106 valence electrons. The molecule has 7 heteroatoms. The number of hydrogen-bond donors (Lipinski definition) is 1. The first-order valence-electron chi connectivity index (χ1n) is 5.98. The normalized spacial score (nSPS) is 19.6. The highest BCUT2D eigenvalue weighted by atomic mass is 127. The molecule has 0 amide bonds. The van der Waals surface area contributed by atoms with Crippen molar-refractivity contribution in [2.75, 3.05) is 20.3 Å². The zero-order chi connectivity index (χ0) is 13.9. The lowest BCUT2D eigenvalue weighted by molar-refractivity contribution is 0.114. The van der Waals surface area contributed by atoms with Gasteiger partial charge < -0.3 is 9.47 Å². The molecular weight excluding hydrogens is 381 g/mol. The van der Waals surface area contributed by atoms with Gasteiger partial charge >= 0.3 is 0 Å². The summed E-state index contributed by atoms with van der Waals surface area (Å²) in [6.45, 7) is 1.04. The van der Waals surface area contributed by atoms with Crippen LogP contribution in [0, 0.1) is 3.57 Å². The van der Waals surface area contributed by atoms with Crippen LogP contribution in [0.2, 0.25) is 0 Å². The van der Waals surface area contributed by atoms with Gasteiger partial charge in [0.2, 0.25) is 10.0 Å². The molecule has 1 saturated heterocycles. The largest absolute Gasteiger partial charge is 0.496 e. The average molecular weight is 397 g/mol. The van der Waals surface area contributed by atoms with E-state index in [1.165, 1.54) is 0 Å². The summed E-state index contributed by atoms with van der Waals surface area (Å²) >= 11 is 2.05. The van der Waals surface area contributed by atoms with Crippen molar-refractivity contribution in [2.45, 2.75) is 23.8 Å². The zero-order valence-electron chi connectivity index (χ0n) is 10.6. The van der Waals surface area contributed by atoms with Crippen LogP contribution in [0.25, 0.3) is 0 Å². The van der Waals surface area contributed by atoms with Gasteiger partial charge in [-0.1, -0.05) is 0 Å². The first kappa shape index (κ1) is 15.0. The summed E-state index contributed by atoms with van der Waals surface area (Å²) in [6.07, 6.45) is 1.89. The number of sulfonamides is 1. The van der Waals surface area contributed by atoms with E-state index in [0.717, 1.165) is 16.4 Å². The third-order valence-corrected chi connectivity index (χ3v) is 5.22. The number of ether oxygens (including phenoxy) is 2. The second-order valence-electron chi connectivity index (χ2n) is 4.28. The number of benzene rings is 1. The van der Waals surface area contributed by atoms with Crippen LogP contribution in [0.4, 0.5) is 0 Å². The van der Waals surface area contributed by atoms with Crippen LogP contribution in [-0.4, -0.2) is 34.8 Å². The number of nitrogens with one attached hydrogen (secondary N) is 1. The van der Waals surface area contributed by atoms with E-state index < -0.39 is 10.0 Å². The van der Waals surface area contributed by atoms with Crippen molar-refractivity contribution >= 4 is 32.6 Å². The molecule has 1 aromatic rings. The highest BCUT2D eigenvalue weighted by Crippen LogP contribution is 2.23. The van der Waals surface area contributed by atoms with Crippen molar-refractivity contribution in [1.29, 1.82) is 0 Å². The van der Waals surface area contributed by atoms with E-state index in [0.29, 0.717) is 18.9 Å². The maximum absolute atomic E-state index is 12.1. The molecule has 0 saturated carbocycles. The molecule has 0 spiro atoms. The standard InChI is InChI=1S/C12H16INO4S/c1-17-12-5-4-10(7-11(12)13)19(15,16)14-8-9-3-2-6-18-9/h4-5,7,9,14H,2-3,6,8H2,1H3/t9-/m1/s1. The zero-order valence-corrected chi connectivity index (χ0v) is 13.5. The molecule has 5 nitrogen and oxygen atoms in total. The van der Waals surface area contributed by atoms with E-state index in [9.17, 15) is 8.42 Å². The van der Waals surface area contributed by atoms with E-state index in [1.54, 1.807) is 25.3 Å². The molecule has 0 bridgehead atoms. The molecule has 0 radical (unpaired) electrons. The lowest BCUT2D eigenvalue weighted by Gasteiger charge is -2.12. The smallest absolute Gasteiger partial charge is 0.240 e. The number of halogens is 1. The Balaban J connectivity index is 2.08. The minimum atomic E-state index is -3.49. The highest BCUT2D eigenvalue weighted by Gasteiger charge is 2.20. The van der Waals surface area contributed by atoms with E-state index in [-0.39, 0.29) is 11.0 Å². The van der Waals surface area contributed by atoms with Gasteiger partial charge in [-0.25, -0.2) is 13.1 Å². The van der Waals surface area contributed by atoms with Gasteiger partial charge in [0.1, 0.15) is 5.75 Å². The average Bonchev–Trinajstić information content (AvgIpc) is 2.89. The molecule has 0 aliphatic carbocycles. The van der Waals surface area contributed by atoms with Crippen LogP contribution in [0.1, 0.15) is 12.8 Å². The van der Waals surface area contributed by atoms with Gasteiger partial charge in [0.25, 0.3) is 0 Å². The molecule has 1 aliphatic rings.